The lowest BCUT2D eigenvalue weighted by Crippen LogP contribution is -2.64. The number of aliphatic hydroxyl groups excluding tert-OH is 6. The quantitative estimate of drug-likeness (QED) is 0.0240. The molecule has 0 amide bonds. The number of unbranched alkanes of at least 4 members (excludes halogenated alkanes) is 21. The van der Waals surface area contributed by atoms with Crippen LogP contribution in [0.1, 0.15) is 181 Å². The van der Waals surface area contributed by atoms with E-state index in [-0.39, 0.29) is 12.8 Å². The molecule has 2 aliphatic heterocycles. The molecule has 6 N–H and O–H groups in total. The van der Waals surface area contributed by atoms with Crippen LogP contribution in [0.15, 0.2) is 12.2 Å². The van der Waals surface area contributed by atoms with Crippen LogP contribution in [0.5, 0.6) is 0 Å². The van der Waals surface area contributed by atoms with Gasteiger partial charge in [0.05, 0.1) is 0 Å². The van der Waals surface area contributed by atoms with E-state index in [2.05, 4.69) is 26.0 Å². The highest BCUT2D eigenvalue weighted by Gasteiger charge is 2.50. The zero-order chi connectivity index (χ0) is 41.7. The number of hydrogen-bond donors (Lipinski definition) is 6. The summed E-state index contributed by atoms with van der Waals surface area (Å²) in [5, 5.41) is 63.2. The van der Waals surface area contributed by atoms with Crippen LogP contribution in [0.25, 0.3) is 0 Å². The van der Waals surface area contributed by atoms with Gasteiger partial charge in [-0.2, -0.15) is 0 Å². The maximum absolute atomic E-state index is 12.4. The fraction of sp³-hybridized carbons (Fsp3) is 0.909. The molecule has 0 unspecified atom stereocenters. The van der Waals surface area contributed by atoms with Crippen LogP contribution in [0.2, 0.25) is 0 Å². The number of hydrogen-bond acceptors (Lipinski definition) is 13. The lowest BCUT2D eigenvalue weighted by atomic mass is 9.98. The number of ether oxygens (including phenoxy) is 5. The van der Waals surface area contributed by atoms with Crippen LogP contribution in [0.4, 0.5) is 0 Å². The van der Waals surface area contributed by atoms with Crippen LogP contribution in [-0.2, 0) is 33.3 Å². The van der Waals surface area contributed by atoms with Gasteiger partial charge in [0.2, 0.25) is 0 Å². The average molecular weight is 817 g/mol. The van der Waals surface area contributed by atoms with Crippen molar-refractivity contribution >= 4 is 11.9 Å². The van der Waals surface area contributed by atoms with Gasteiger partial charge in [0.15, 0.2) is 12.6 Å². The monoisotopic (exact) mass is 817 g/mol. The van der Waals surface area contributed by atoms with Gasteiger partial charge in [-0.3, -0.25) is 9.59 Å². The van der Waals surface area contributed by atoms with Gasteiger partial charge in [-0.05, 0) is 38.5 Å². The number of allylic oxidation sites excluding steroid dienone is 2. The van der Waals surface area contributed by atoms with Gasteiger partial charge in [-0.15, -0.1) is 0 Å². The summed E-state index contributed by atoms with van der Waals surface area (Å²) >= 11 is 0. The Hall–Kier alpha value is -1.68. The van der Waals surface area contributed by atoms with Crippen molar-refractivity contribution < 1.29 is 63.9 Å². The second-order valence-corrected chi connectivity index (χ2v) is 16.2. The summed E-state index contributed by atoms with van der Waals surface area (Å²) in [4.78, 5) is 24.8. The highest BCUT2D eigenvalue weighted by atomic mass is 16.8. The SMILES string of the molecule is CCCCCCCC/C=C\CCCCCCCC(=O)OC[C@H]1O[C@H](O[C@H]2O[C@H](COC(=O)CCCCCCCCCCCCC)[C@@H](O)[C@H](O)[C@H]2O)[C@H](O)[C@@H](O)[C@@H]1O. The molecular formula is C44H80O13. The first kappa shape index (κ1) is 51.5. The van der Waals surface area contributed by atoms with E-state index in [0.29, 0.717) is 12.8 Å². The van der Waals surface area contributed by atoms with Crippen LogP contribution in [0.3, 0.4) is 0 Å². The molecular weight excluding hydrogens is 736 g/mol. The molecule has 0 aromatic rings. The van der Waals surface area contributed by atoms with Crippen LogP contribution >= 0.6 is 0 Å². The Morgan fingerprint density at radius 1 is 0.439 bits per heavy atom. The molecule has 2 saturated heterocycles. The van der Waals surface area contributed by atoms with E-state index in [1.807, 2.05) is 0 Å². The Kier molecular flexibility index (Phi) is 29.0. The largest absolute Gasteiger partial charge is 0.463 e. The van der Waals surface area contributed by atoms with Crippen molar-refractivity contribution in [3.63, 3.8) is 0 Å². The van der Waals surface area contributed by atoms with E-state index < -0.39 is 86.6 Å². The third-order valence-electron chi connectivity index (χ3n) is 11.0. The molecule has 2 fully saturated rings. The molecule has 0 bridgehead atoms. The Balaban J connectivity index is 1.66. The topological polar surface area (TPSA) is 202 Å². The van der Waals surface area contributed by atoms with Crippen LogP contribution in [0, 0.1) is 0 Å². The lowest BCUT2D eigenvalue weighted by molar-refractivity contribution is -0.376. The molecule has 2 aliphatic rings. The van der Waals surface area contributed by atoms with Gasteiger partial charge < -0.3 is 54.3 Å². The van der Waals surface area contributed by atoms with E-state index in [4.69, 9.17) is 23.7 Å². The van der Waals surface area contributed by atoms with E-state index in [9.17, 15) is 40.2 Å². The summed E-state index contributed by atoms with van der Waals surface area (Å²) in [5.74, 6) is -0.983. The Morgan fingerprint density at radius 3 is 1.11 bits per heavy atom. The van der Waals surface area contributed by atoms with Gasteiger partial charge in [-0.25, -0.2) is 0 Å². The smallest absolute Gasteiger partial charge is 0.305 e. The van der Waals surface area contributed by atoms with Gasteiger partial charge in [0.25, 0.3) is 0 Å². The van der Waals surface area contributed by atoms with Crippen molar-refractivity contribution in [3.05, 3.63) is 12.2 Å². The summed E-state index contributed by atoms with van der Waals surface area (Å²) in [7, 11) is 0. The first-order valence-corrected chi connectivity index (χ1v) is 22.6. The van der Waals surface area contributed by atoms with E-state index >= 15 is 0 Å². The first-order chi connectivity index (χ1) is 27.6. The minimum atomic E-state index is -1.80. The van der Waals surface area contributed by atoms with Gasteiger partial charge >= 0.3 is 11.9 Å². The summed E-state index contributed by atoms with van der Waals surface area (Å²) in [5.41, 5.74) is 0. The normalized spacial score (nSPS) is 27.9. The fourth-order valence-electron chi connectivity index (χ4n) is 7.23. The van der Waals surface area contributed by atoms with Crippen molar-refractivity contribution in [1.82, 2.24) is 0 Å². The molecule has 0 aromatic carbocycles. The zero-order valence-electron chi connectivity index (χ0n) is 35.3. The second kappa shape index (κ2) is 32.1. The summed E-state index contributed by atoms with van der Waals surface area (Å²) in [6.45, 7) is 3.59. The number of rotatable bonds is 33. The van der Waals surface area contributed by atoms with Crippen molar-refractivity contribution in [2.24, 2.45) is 0 Å². The third kappa shape index (κ3) is 21.9. The average Bonchev–Trinajstić information content (AvgIpc) is 3.20. The number of aliphatic hydroxyl groups is 6. The number of carbonyl (C=O) groups excluding carboxylic acids is 2. The molecule has 0 saturated carbocycles. The first-order valence-electron chi connectivity index (χ1n) is 22.6. The fourth-order valence-corrected chi connectivity index (χ4v) is 7.23. The Morgan fingerprint density at radius 2 is 0.754 bits per heavy atom. The van der Waals surface area contributed by atoms with Gasteiger partial charge in [0, 0.05) is 12.8 Å². The molecule has 0 radical (unpaired) electrons. The standard InChI is InChI=1S/C44H80O13/c1-3-5-7-9-11-13-15-16-17-18-20-22-24-26-28-30-36(46)54-32-34-38(48)40(50)42(52)44(56-34)57-43-41(51)39(49)37(47)33(55-43)31-53-35(45)29-27-25-23-21-19-14-12-10-8-6-4-2/h16-17,33-34,37-44,47-52H,3-15,18-32H2,1-2H3/b17-16-/t33-,34-,37-,38-,39+,40+,41-,42-,43-,44-/m1/s1. The minimum absolute atomic E-state index is 0.180. The highest BCUT2D eigenvalue weighted by Crippen LogP contribution is 2.29. The minimum Gasteiger partial charge on any atom is -0.463 e. The lowest BCUT2D eigenvalue weighted by Gasteiger charge is -2.44. The van der Waals surface area contributed by atoms with Crippen molar-refractivity contribution in [1.29, 1.82) is 0 Å². The summed E-state index contributed by atoms with van der Waals surface area (Å²) < 4.78 is 27.5. The zero-order valence-corrected chi connectivity index (χ0v) is 35.3. The summed E-state index contributed by atoms with van der Waals surface area (Å²) in [6, 6.07) is 0. The van der Waals surface area contributed by atoms with Gasteiger partial charge in [-0.1, -0.05) is 142 Å². The van der Waals surface area contributed by atoms with Crippen molar-refractivity contribution in [2.75, 3.05) is 13.2 Å². The van der Waals surface area contributed by atoms with Crippen LogP contribution < -0.4 is 0 Å². The maximum Gasteiger partial charge on any atom is 0.305 e. The summed E-state index contributed by atoms with van der Waals surface area (Å²) in [6.07, 6.45) is 16.0. The highest BCUT2D eigenvalue weighted by molar-refractivity contribution is 5.69. The Labute approximate surface area is 342 Å². The maximum atomic E-state index is 12.4. The second-order valence-electron chi connectivity index (χ2n) is 16.2. The molecule has 334 valence electrons. The predicted octanol–water partition coefficient (Wildman–Crippen LogP) is 6.44. The van der Waals surface area contributed by atoms with Gasteiger partial charge in [0.1, 0.15) is 62.0 Å². The van der Waals surface area contributed by atoms with Crippen molar-refractivity contribution in [3.8, 4) is 0 Å². The third-order valence-corrected chi connectivity index (χ3v) is 11.0. The molecule has 0 aromatic heterocycles. The van der Waals surface area contributed by atoms with E-state index in [1.54, 1.807) is 0 Å². The van der Waals surface area contributed by atoms with Crippen molar-refractivity contribution in [2.45, 2.75) is 242 Å². The van der Waals surface area contributed by atoms with E-state index in [0.717, 1.165) is 57.8 Å². The molecule has 10 atom stereocenters. The number of carbonyl (C=O) groups is 2. The molecule has 13 heteroatoms. The number of esters is 2. The van der Waals surface area contributed by atoms with E-state index in [1.165, 1.54) is 83.5 Å². The predicted molar refractivity (Wildman–Crippen MR) is 217 cm³/mol. The molecule has 0 spiro atoms. The molecule has 2 heterocycles. The molecule has 2 rings (SSSR count). The Bertz CT molecular complexity index is 1040. The molecule has 13 nitrogen and oxygen atoms in total. The molecule has 0 aliphatic carbocycles. The van der Waals surface area contributed by atoms with Crippen LogP contribution in [-0.4, -0.2) is 117 Å². The molecule has 57 heavy (non-hydrogen) atoms.